The van der Waals surface area contributed by atoms with Gasteiger partial charge in [-0.15, -0.1) is 0 Å². The molecule has 1 heterocycles. The first-order valence-electron chi connectivity index (χ1n) is 11.2. The van der Waals surface area contributed by atoms with Gasteiger partial charge >= 0.3 is 0 Å². The quantitative estimate of drug-likeness (QED) is 0.246. The minimum atomic E-state index is -0.421. The van der Waals surface area contributed by atoms with E-state index >= 15 is 0 Å². The van der Waals surface area contributed by atoms with E-state index in [2.05, 4.69) is 33.5 Å². The lowest BCUT2D eigenvalue weighted by Gasteiger charge is -2.15. The van der Waals surface area contributed by atoms with Crippen LogP contribution in [0.3, 0.4) is 0 Å². The average molecular weight is 584 g/mol. The number of hydrogen-bond acceptors (Lipinski definition) is 6. The number of hydrogen-bond donors (Lipinski definition) is 1. The molecule has 0 aliphatic carbocycles. The highest BCUT2D eigenvalue weighted by Crippen LogP contribution is 2.34. The number of thioether (sulfide) groups is 1. The molecular formula is C27H23BrN2O4S2. The summed E-state index contributed by atoms with van der Waals surface area (Å²) in [5, 5.41) is 1.10. The van der Waals surface area contributed by atoms with Gasteiger partial charge in [-0.1, -0.05) is 64.1 Å². The molecule has 0 unspecified atom stereocenters. The van der Waals surface area contributed by atoms with Gasteiger partial charge in [0.15, 0.2) is 15.8 Å². The number of carbonyl (C=O) groups excluding carboxylic acids is 2. The highest BCUT2D eigenvalue weighted by atomic mass is 79.9. The second kappa shape index (κ2) is 12.2. The van der Waals surface area contributed by atoms with Crippen molar-refractivity contribution in [2.75, 3.05) is 13.2 Å². The molecule has 2 amide bonds. The van der Waals surface area contributed by atoms with E-state index < -0.39 is 11.8 Å². The molecule has 0 spiro atoms. The first-order valence-corrected chi connectivity index (χ1v) is 13.2. The van der Waals surface area contributed by atoms with Crippen LogP contribution in [0.2, 0.25) is 0 Å². The number of benzene rings is 3. The number of hydrazine groups is 1. The normalized spacial score (nSPS) is 14.3. The van der Waals surface area contributed by atoms with E-state index in [4.69, 9.17) is 21.7 Å². The third-order valence-electron chi connectivity index (χ3n) is 5.17. The number of halogens is 1. The monoisotopic (exact) mass is 582 g/mol. The summed E-state index contributed by atoms with van der Waals surface area (Å²) in [5.41, 5.74) is 4.96. The molecule has 1 aliphatic rings. The van der Waals surface area contributed by atoms with Crippen LogP contribution in [0, 0.1) is 0 Å². The fourth-order valence-corrected chi connectivity index (χ4v) is 4.85. The Morgan fingerprint density at radius 1 is 1.06 bits per heavy atom. The summed E-state index contributed by atoms with van der Waals surface area (Å²) in [7, 11) is 0. The molecule has 36 heavy (non-hydrogen) atoms. The fraction of sp³-hybridized carbons (Fsp3) is 0.148. The van der Waals surface area contributed by atoms with Crippen molar-refractivity contribution in [3.05, 3.63) is 98.9 Å². The predicted molar refractivity (Wildman–Crippen MR) is 150 cm³/mol. The number of amides is 2. The molecular weight excluding hydrogens is 560 g/mol. The minimum absolute atomic E-state index is 0.252. The Morgan fingerprint density at radius 2 is 1.81 bits per heavy atom. The van der Waals surface area contributed by atoms with Gasteiger partial charge in [-0.3, -0.25) is 15.0 Å². The summed E-state index contributed by atoms with van der Waals surface area (Å²) in [6.07, 6.45) is 2.50. The van der Waals surface area contributed by atoms with Crippen molar-refractivity contribution in [1.29, 1.82) is 0 Å². The van der Waals surface area contributed by atoms with Gasteiger partial charge in [0, 0.05) is 16.5 Å². The smallest absolute Gasteiger partial charge is 0.285 e. The lowest BCUT2D eigenvalue weighted by atomic mass is 10.1. The molecule has 4 rings (SSSR count). The summed E-state index contributed by atoms with van der Waals surface area (Å²) in [5.74, 6) is 0.421. The van der Waals surface area contributed by atoms with E-state index in [1.807, 2.05) is 43.3 Å². The van der Waals surface area contributed by atoms with Gasteiger partial charge in [0.05, 0.1) is 18.1 Å². The molecule has 1 saturated heterocycles. The lowest BCUT2D eigenvalue weighted by molar-refractivity contribution is -0.123. The van der Waals surface area contributed by atoms with E-state index in [-0.39, 0.29) is 4.32 Å². The van der Waals surface area contributed by atoms with Gasteiger partial charge in [0.25, 0.3) is 11.8 Å². The average Bonchev–Trinajstić information content (AvgIpc) is 3.13. The molecule has 6 nitrogen and oxygen atoms in total. The standard InChI is InChI=1S/C27H23BrN2O4S2/c1-2-33-23-16-19(8-13-22(23)34-15-14-18-6-4-3-5-7-18)17-24-26(32)30(27(35)36-24)29-25(31)20-9-11-21(28)12-10-20/h3-13,16-17H,2,14-15H2,1H3,(H,29,31)/b24-17-. The van der Waals surface area contributed by atoms with Crippen LogP contribution in [0.25, 0.3) is 6.08 Å². The fourth-order valence-electron chi connectivity index (χ4n) is 3.41. The van der Waals surface area contributed by atoms with E-state index in [0.29, 0.717) is 35.2 Å². The highest BCUT2D eigenvalue weighted by molar-refractivity contribution is 9.10. The molecule has 0 atom stereocenters. The SMILES string of the molecule is CCOc1cc(/C=C2\SC(=S)N(NC(=O)c3ccc(Br)cc3)C2=O)ccc1OCCc1ccccc1. The zero-order valence-corrected chi connectivity index (χ0v) is 22.6. The van der Waals surface area contributed by atoms with E-state index in [0.717, 1.165) is 33.2 Å². The second-order valence-electron chi connectivity index (χ2n) is 7.69. The van der Waals surface area contributed by atoms with Crippen molar-refractivity contribution in [3.8, 4) is 11.5 Å². The first-order chi connectivity index (χ1) is 17.4. The Morgan fingerprint density at radius 3 is 2.53 bits per heavy atom. The van der Waals surface area contributed by atoms with Gasteiger partial charge in [0.2, 0.25) is 0 Å². The van der Waals surface area contributed by atoms with Gasteiger partial charge in [-0.25, -0.2) is 0 Å². The van der Waals surface area contributed by atoms with Crippen LogP contribution in [0.15, 0.2) is 82.2 Å². The molecule has 3 aromatic carbocycles. The largest absolute Gasteiger partial charge is 0.490 e. The summed E-state index contributed by atoms with van der Waals surface area (Å²) >= 11 is 9.80. The Labute approximate surface area is 227 Å². The molecule has 1 aliphatic heterocycles. The Hall–Kier alpha value is -3.14. The van der Waals surface area contributed by atoms with Crippen LogP contribution in [0.5, 0.6) is 11.5 Å². The maximum Gasteiger partial charge on any atom is 0.285 e. The first kappa shape index (κ1) is 25.9. The highest BCUT2D eigenvalue weighted by Gasteiger charge is 2.33. The predicted octanol–water partition coefficient (Wildman–Crippen LogP) is 6.02. The number of carbonyl (C=O) groups is 2. The summed E-state index contributed by atoms with van der Waals surface area (Å²) < 4.78 is 12.9. The molecule has 184 valence electrons. The van der Waals surface area contributed by atoms with Gasteiger partial charge in [0.1, 0.15) is 0 Å². The summed E-state index contributed by atoms with van der Waals surface area (Å²) in [6.45, 7) is 2.89. The van der Waals surface area contributed by atoms with Crippen LogP contribution >= 0.6 is 39.9 Å². The van der Waals surface area contributed by atoms with E-state index in [9.17, 15) is 9.59 Å². The van der Waals surface area contributed by atoms with E-state index in [1.54, 1.807) is 30.3 Å². The van der Waals surface area contributed by atoms with Crippen LogP contribution in [-0.4, -0.2) is 34.4 Å². The van der Waals surface area contributed by atoms with Crippen molar-refractivity contribution >= 4 is 62.1 Å². The third-order valence-corrected chi connectivity index (χ3v) is 7.00. The van der Waals surface area contributed by atoms with Crippen molar-refractivity contribution in [3.63, 3.8) is 0 Å². The molecule has 0 aromatic heterocycles. The zero-order valence-electron chi connectivity index (χ0n) is 19.4. The minimum Gasteiger partial charge on any atom is -0.490 e. The van der Waals surface area contributed by atoms with Crippen molar-refractivity contribution in [2.24, 2.45) is 0 Å². The van der Waals surface area contributed by atoms with Crippen LogP contribution in [0.4, 0.5) is 0 Å². The Bertz CT molecular complexity index is 1300. The Kier molecular flexibility index (Phi) is 8.79. The number of rotatable bonds is 9. The zero-order chi connectivity index (χ0) is 25.5. The van der Waals surface area contributed by atoms with Crippen LogP contribution in [0.1, 0.15) is 28.4 Å². The second-order valence-corrected chi connectivity index (χ2v) is 10.3. The number of ether oxygens (including phenoxy) is 2. The number of thiocarbonyl (C=S) groups is 1. The third kappa shape index (κ3) is 6.54. The summed E-state index contributed by atoms with van der Waals surface area (Å²) in [6, 6.07) is 22.5. The maximum atomic E-state index is 13.0. The molecule has 0 bridgehead atoms. The van der Waals surface area contributed by atoms with Crippen LogP contribution < -0.4 is 14.9 Å². The topological polar surface area (TPSA) is 67.9 Å². The van der Waals surface area contributed by atoms with Gasteiger partial charge < -0.3 is 9.47 Å². The van der Waals surface area contributed by atoms with E-state index in [1.165, 1.54) is 5.56 Å². The molecule has 1 N–H and O–H groups in total. The molecule has 0 saturated carbocycles. The lowest BCUT2D eigenvalue weighted by Crippen LogP contribution is -2.44. The van der Waals surface area contributed by atoms with Gasteiger partial charge in [-0.2, -0.15) is 5.01 Å². The van der Waals surface area contributed by atoms with Crippen molar-refractivity contribution < 1.29 is 19.1 Å². The van der Waals surface area contributed by atoms with Crippen LogP contribution in [-0.2, 0) is 11.2 Å². The number of nitrogens with zero attached hydrogens (tertiary/aromatic N) is 1. The molecule has 3 aromatic rings. The molecule has 9 heteroatoms. The maximum absolute atomic E-state index is 13.0. The van der Waals surface area contributed by atoms with Crippen molar-refractivity contribution in [2.45, 2.75) is 13.3 Å². The molecule has 0 radical (unpaired) electrons. The molecule has 1 fully saturated rings. The number of nitrogens with one attached hydrogen (secondary N) is 1. The van der Waals surface area contributed by atoms with Gasteiger partial charge in [-0.05, 0) is 72.7 Å². The summed E-state index contributed by atoms with van der Waals surface area (Å²) in [4.78, 5) is 25.9. The Balaban J connectivity index is 1.44. The van der Waals surface area contributed by atoms with Crippen molar-refractivity contribution in [1.82, 2.24) is 10.4 Å².